The van der Waals surface area contributed by atoms with Gasteiger partial charge in [0.2, 0.25) is 0 Å². The van der Waals surface area contributed by atoms with E-state index in [1.165, 1.54) is 5.69 Å². The topological polar surface area (TPSA) is 45.8 Å². The SMILES string of the molecule is Cc1oc(CO)c2ccc(N3CCOCC3)cc12. The van der Waals surface area contributed by atoms with Crippen LogP contribution in [0.5, 0.6) is 0 Å². The maximum absolute atomic E-state index is 9.25. The van der Waals surface area contributed by atoms with Gasteiger partial charge in [-0.15, -0.1) is 0 Å². The van der Waals surface area contributed by atoms with Gasteiger partial charge in [0.05, 0.1) is 13.2 Å². The van der Waals surface area contributed by atoms with Crippen molar-refractivity contribution in [3.05, 3.63) is 29.7 Å². The highest BCUT2D eigenvalue weighted by molar-refractivity contribution is 5.89. The third kappa shape index (κ3) is 1.87. The summed E-state index contributed by atoms with van der Waals surface area (Å²) in [6.07, 6.45) is 0. The number of hydrogen-bond donors (Lipinski definition) is 1. The minimum Gasteiger partial charge on any atom is -0.463 e. The summed E-state index contributed by atoms with van der Waals surface area (Å²) in [4.78, 5) is 2.31. The number of aliphatic hydroxyl groups excluding tert-OH is 1. The van der Waals surface area contributed by atoms with Crippen molar-refractivity contribution in [2.24, 2.45) is 0 Å². The average Bonchev–Trinajstić information content (AvgIpc) is 2.76. The molecule has 1 aromatic heterocycles. The first-order chi connectivity index (χ1) is 8.79. The molecular formula is C14H17NO3. The number of anilines is 1. The predicted octanol–water partition coefficient (Wildman–Crippen LogP) is 2.07. The summed E-state index contributed by atoms with van der Waals surface area (Å²) in [5.74, 6) is 1.51. The first-order valence-corrected chi connectivity index (χ1v) is 6.25. The Kier molecular flexibility index (Phi) is 2.97. The minimum atomic E-state index is -0.0543. The fourth-order valence-corrected chi connectivity index (χ4v) is 2.50. The van der Waals surface area contributed by atoms with Crippen molar-refractivity contribution in [2.75, 3.05) is 31.2 Å². The monoisotopic (exact) mass is 247 g/mol. The van der Waals surface area contributed by atoms with Crippen molar-refractivity contribution in [1.29, 1.82) is 0 Å². The Morgan fingerprint density at radius 1 is 1.22 bits per heavy atom. The molecule has 96 valence electrons. The highest BCUT2D eigenvalue weighted by Gasteiger charge is 2.14. The van der Waals surface area contributed by atoms with Crippen molar-refractivity contribution in [1.82, 2.24) is 0 Å². The Hall–Kier alpha value is -1.52. The first-order valence-electron chi connectivity index (χ1n) is 6.25. The van der Waals surface area contributed by atoms with Crippen LogP contribution >= 0.6 is 0 Å². The van der Waals surface area contributed by atoms with Crippen LogP contribution in [0.25, 0.3) is 10.8 Å². The van der Waals surface area contributed by atoms with Crippen molar-refractivity contribution >= 4 is 16.5 Å². The van der Waals surface area contributed by atoms with E-state index in [2.05, 4.69) is 17.0 Å². The van der Waals surface area contributed by atoms with E-state index in [1.807, 2.05) is 13.0 Å². The smallest absolute Gasteiger partial charge is 0.137 e. The molecule has 2 aromatic rings. The second kappa shape index (κ2) is 4.63. The normalized spacial score (nSPS) is 16.4. The minimum absolute atomic E-state index is 0.0543. The van der Waals surface area contributed by atoms with Crippen molar-refractivity contribution in [2.45, 2.75) is 13.5 Å². The Morgan fingerprint density at radius 3 is 2.72 bits per heavy atom. The van der Waals surface area contributed by atoms with Gasteiger partial charge in [-0.05, 0) is 25.1 Å². The van der Waals surface area contributed by atoms with Crippen molar-refractivity contribution in [3.8, 4) is 0 Å². The Labute approximate surface area is 106 Å². The molecule has 4 heteroatoms. The fraction of sp³-hybridized carbons (Fsp3) is 0.429. The molecule has 0 amide bonds. The summed E-state index contributed by atoms with van der Waals surface area (Å²) in [6.45, 7) is 5.30. The second-order valence-electron chi connectivity index (χ2n) is 4.57. The van der Waals surface area contributed by atoms with Crippen LogP contribution in [-0.2, 0) is 11.3 Å². The van der Waals surface area contributed by atoms with Gasteiger partial charge in [-0.3, -0.25) is 0 Å². The number of furan rings is 1. The largest absolute Gasteiger partial charge is 0.463 e. The van der Waals surface area contributed by atoms with E-state index in [0.29, 0.717) is 5.76 Å². The highest BCUT2D eigenvalue weighted by Crippen LogP contribution is 2.30. The molecule has 0 radical (unpaired) electrons. The third-order valence-corrected chi connectivity index (χ3v) is 3.48. The molecule has 0 aliphatic carbocycles. The summed E-state index contributed by atoms with van der Waals surface area (Å²) < 4.78 is 10.9. The molecule has 0 saturated carbocycles. The molecule has 0 unspecified atom stereocenters. The molecule has 1 saturated heterocycles. The van der Waals surface area contributed by atoms with Gasteiger partial charge in [-0.2, -0.15) is 0 Å². The Bertz CT molecular complexity index is 555. The molecular weight excluding hydrogens is 230 g/mol. The zero-order valence-electron chi connectivity index (χ0n) is 10.5. The lowest BCUT2D eigenvalue weighted by Gasteiger charge is -2.28. The molecule has 0 spiro atoms. The van der Waals surface area contributed by atoms with Crippen LogP contribution in [0.15, 0.2) is 22.6 Å². The summed E-state index contributed by atoms with van der Waals surface area (Å²) in [6, 6.07) is 6.25. The molecule has 1 aromatic carbocycles. The van der Waals surface area contributed by atoms with Crippen LogP contribution in [-0.4, -0.2) is 31.4 Å². The van der Waals surface area contributed by atoms with Crippen LogP contribution in [0.1, 0.15) is 11.5 Å². The maximum Gasteiger partial charge on any atom is 0.137 e. The van der Waals surface area contributed by atoms with Gasteiger partial charge >= 0.3 is 0 Å². The number of ether oxygens (including phenoxy) is 1. The van der Waals surface area contributed by atoms with E-state index in [4.69, 9.17) is 9.15 Å². The molecule has 0 atom stereocenters. The van der Waals surface area contributed by atoms with Crippen LogP contribution in [0.4, 0.5) is 5.69 Å². The molecule has 18 heavy (non-hydrogen) atoms. The van der Waals surface area contributed by atoms with Crippen molar-refractivity contribution in [3.63, 3.8) is 0 Å². The number of fused-ring (bicyclic) bond motifs is 1. The third-order valence-electron chi connectivity index (χ3n) is 3.48. The molecule has 1 aliphatic heterocycles. The van der Waals surface area contributed by atoms with E-state index in [-0.39, 0.29) is 6.61 Å². The van der Waals surface area contributed by atoms with Gasteiger partial charge in [0, 0.05) is 29.5 Å². The molecule has 4 nitrogen and oxygen atoms in total. The van der Waals surface area contributed by atoms with Crippen molar-refractivity contribution < 1.29 is 14.3 Å². The van der Waals surface area contributed by atoms with Gasteiger partial charge in [0.15, 0.2) is 0 Å². The molecule has 3 rings (SSSR count). The lowest BCUT2D eigenvalue weighted by Crippen LogP contribution is -2.36. The van der Waals surface area contributed by atoms with E-state index in [1.54, 1.807) is 0 Å². The lowest BCUT2D eigenvalue weighted by atomic mass is 10.1. The summed E-state index contributed by atoms with van der Waals surface area (Å²) in [7, 11) is 0. The number of rotatable bonds is 2. The summed E-state index contributed by atoms with van der Waals surface area (Å²) in [5, 5.41) is 11.3. The van der Waals surface area contributed by atoms with Gasteiger partial charge in [-0.25, -0.2) is 0 Å². The quantitative estimate of drug-likeness (QED) is 0.882. The Balaban J connectivity index is 2.02. The van der Waals surface area contributed by atoms with Gasteiger partial charge in [0.25, 0.3) is 0 Å². The fourth-order valence-electron chi connectivity index (χ4n) is 2.50. The zero-order chi connectivity index (χ0) is 12.5. The number of aryl methyl sites for hydroxylation is 1. The average molecular weight is 247 g/mol. The van der Waals surface area contributed by atoms with Gasteiger partial charge < -0.3 is 19.2 Å². The van der Waals surface area contributed by atoms with Crippen LogP contribution in [0, 0.1) is 6.92 Å². The number of morpholine rings is 1. The standard InChI is InChI=1S/C14H17NO3/c1-10-13-8-11(15-4-6-17-7-5-15)2-3-12(13)14(9-16)18-10/h2-3,8,16H,4-7,9H2,1H3. The first kappa shape index (κ1) is 11.6. The molecule has 1 N–H and O–H groups in total. The molecule has 0 bridgehead atoms. The summed E-state index contributed by atoms with van der Waals surface area (Å²) in [5.41, 5.74) is 1.19. The Morgan fingerprint density at radius 2 is 2.00 bits per heavy atom. The van der Waals surface area contributed by atoms with E-state index < -0.39 is 0 Å². The molecule has 1 aliphatic rings. The predicted molar refractivity (Wildman–Crippen MR) is 69.9 cm³/mol. The molecule has 2 heterocycles. The number of aliphatic hydroxyl groups is 1. The number of nitrogens with zero attached hydrogens (tertiary/aromatic N) is 1. The van der Waals surface area contributed by atoms with E-state index >= 15 is 0 Å². The van der Waals surface area contributed by atoms with Gasteiger partial charge in [-0.1, -0.05) is 0 Å². The second-order valence-corrected chi connectivity index (χ2v) is 4.57. The number of hydrogen-bond acceptors (Lipinski definition) is 4. The van der Waals surface area contributed by atoms with Crippen LogP contribution in [0.3, 0.4) is 0 Å². The van der Waals surface area contributed by atoms with Crippen LogP contribution in [0.2, 0.25) is 0 Å². The number of benzene rings is 1. The maximum atomic E-state index is 9.25. The highest BCUT2D eigenvalue weighted by atomic mass is 16.5. The summed E-state index contributed by atoms with van der Waals surface area (Å²) >= 11 is 0. The molecule has 1 fully saturated rings. The lowest BCUT2D eigenvalue weighted by molar-refractivity contribution is 0.122. The zero-order valence-corrected chi connectivity index (χ0v) is 10.5. The van der Waals surface area contributed by atoms with Gasteiger partial charge in [0.1, 0.15) is 18.1 Å². The van der Waals surface area contributed by atoms with E-state index in [9.17, 15) is 5.11 Å². The van der Waals surface area contributed by atoms with E-state index in [0.717, 1.165) is 42.8 Å². The van der Waals surface area contributed by atoms with Crippen LogP contribution < -0.4 is 4.90 Å².